The molecule has 0 spiro atoms. The van der Waals surface area contributed by atoms with Gasteiger partial charge in [-0.05, 0) is 26.7 Å². The van der Waals surface area contributed by atoms with Gasteiger partial charge in [0.2, 0.25) is 0 Å². The minimum Gasteiger partial charge on any atom is -0.478 e. The van der Waals surface area contributed by atoms with Crippen molar-refractivity contribution in [1.29, 1.82) is 0 Å². The number of hydrogen-bond acceptors (Lipinski definition) is 2. The fraction of sp³-hybridized carbons (Fsp3) is 0.500. The zero-order chi connectivity index (χ0) is 13.1. The van der Waals surface area contributed by atoms with Crippen molar-refractivity contribution >= 4 is 21.8 Å². The van der Waals surface area contributed by atoms with Crippen molar-refractivity contribution in [3.63, 3.8) is 0 Å². The van der Waals surface area contributed by atoms with Gasteiger partial charge in [-0.1, -0.05) is 26.0 Å². The van der Waals surface area contributed by atoms with Crippen LogP contribution in [0.2, 0.25) is 0 Å². The molecule has 0 radical (unpaired) electrons. The molecule has 0 aliphatic rings. The molecule has 0 aliphatic heterocycles. The molecule has 0 aromatic heterocycles. The Hall–Kier alpha value is -1.15. The lowest BCUT2D eigenvalue weighted by atomic mass is 10.2. The molecule has 0 aromatic carbocycles. The molecule has 2 N–H and O–H groups in total. The van der Waals surface area contributed by atoms with Crippen molar-refractivity contribution in [2.24, 2.45) is 0 Å². The Morgan fingerprint density at radius 3 is 1.18 bits per heavy atom. The van der Waals surface area contributed by atoms with Gasteiger partial charge in [0.05, 0.1) is 0 Å². The number of allylic oxidation sites excluding steroid dienone is 2. The van der Waals surface area contributed by atoms with Gasteiger partial charge < -0.3 is 10.2 Å². The van der Waals surface area contributed by atoms with Crippen molar-refractivity contribution in [3.8, 4) is 0 Å². The Balaban J connectivity index is -0.000000218. The average Bonchev–Trinajstić information content (AvgIpc) is 2.19. The van der Waals surface area contributed by atoms with Crippen molar-refractivity contribution in [2.45, 2.75) is 40.5 Å². The summed E-state index contributed by atoms with van der Waals surface area (Å²) in [4.78, 5) is 20.0. The highest BCUT2D eigenvalue weighted by atomic mass is 31.0. The van der Waals surface area contributed by atoms with E-state index in [4.69, 9.17) is 10.2 Å². The van der Waals surface area contributed by atoms with Gasteiger partial charge in [-0.3, -0.25) is 0 Å². The summed E-state index contributed by atoms with van der Waals surface area (Å²) in [7, 11) is 0. The lowest BCUT2D eigenvalue weighted by Crippen LogP contribution is -1.94. The number of aliphatic carboxylic acids is 2. The first kappa shape index (κ1) is 21.2. The maximum absolute atomic E-state index is 10.0. The largest absolute Gasteiger partial charge is 0.478 e. The first-order valence-electron chi connectivity index (χ1n) is 5.16. The first-order chi connectivity index (χ1) is 7.36. The van der Waals surface area contributed by atoms with Crippen LogP contribution in [0, 0.1) is 0 Å². The predicted octanol–water partition coefficient (Wildman–Crippen LogP) is 2.91. The van der Waals surface area contributed by atoms with Crippen molar-refractivity contribution in [1.82, 2.24) is 0 Å². The molecule has 0 heterocycles. The normalized spacial score (nSPS) is 10.8. The molecule has 4 nitrogen and oxygen atoms in total. The van der Waals surface area contributed by atoms with Crippen LogP contribution in [-0.2, 0) is 9.59 Å². The minimum atomic E-state index is -0.827. The number of carbonyl (C=O) groups is 2. The Morgan fingerprint density at radius 1 is 0.882 bits per heavy atom. The van der Waals surface area contributed by atoms with Crippen molar-refractivity contribution < 1.29 is 19.8 Å². The number of hydrogen-bond donors (Lipinski definition) is 2. The summed E-state index contributed by atoms with van der Waals surface area (Å²) >= 11 is 0. The maximum atomic E-state index is 10.0. The lowest BCUT2D eigenvalue weighted by Gasteiger charge is -1.87. The second-order valence-electron chi connectivity index (χ2n) is 3.20. The zero-order valence-corrected chi connectivity index (χ0v) is 12.4. The summed E-state index contributed by atoms with van der Waals surface area (Å²) < 4.78 is 0. The van der Waals surface area contributed by atoms with Gasteiger partial charge in [0, 0.05) is 11.1 Å². The van der Waals surface area contributed by atoms with Crippen LogP contribution in [0.3, 0.4) is 0 Å². The van der Waals surface area contributed by atoms with E-state index in [1.165, 1.54) is 0 Å². The molecule has 0 aliphatic carbocycles. The average molecular weight is 262 g/mol. The Morgan fingerprint density at radius 2 is 1.12 bits per heavy atom. The zero-order valence-electron chi connectivity index (χ0n) is 11.0. The summed E-state index contributed by atoms with van der Waals surface area (Å²) in [5.41, 5.74) is 0.847. The molecule has 0 fully saturated rings. The van der Waals surface area contributed by atoms with E-state index >= 15 is 0 Å². The number of carboxylic acids is 2. The highest BCUT2D eigenvalue weighted by molar-refractivity contribution is 6.92. The minimum absolute atomic E-state index is 0. The molecule has 0 bridgehead atoms. The smallest absolute Gasteiger partial charge is 0.330 e. The Labute approximate surface area is 106 Å². The number of rotatable bonds is 4. The summed E-state index contributed by atoms with van der Waals surface area (Å²) in [6.07, 6.45) is 4.95. The van der Waals surface area contributed by atoms with E-state index in [1.54, 1.807) is 26.0 Å². The molecular weight excluding hydrogens is 239 g/mol. The molecule has 0 rings (SSSR count). The highest BCUT2D eigenvalue weighted by Gasteiger charge is 1.95. The van der Waals surface area contributed by atoms with Crippen LogP contribution >= 0.6 is 9.90 Å². The summed E-state index contributed by atoms with van der Waals surface area (Å²) in [5, 5.41) is 16.5. The molecule has 1 unspecified atom stereocenters. The highest BCUT2D eigenvalue weighted by Crippen LogP contribution is 1.93. The van der Waals surface area contributed by atoms with Gasteiger partial charge in [-0.2, -0.15) is 9.90 Å². The maximum Gasteiger partial charge on any atom is 0.330 e. The van der Waals surface area contributed by atoms with Crippen LogP contribution in [0.1, 0.15) is 40.5 Å². The summed E-state index contributed by atoms with van der Waals surface area (Å²) in [6.45, 7) is 7.00. The summed E-state index contributed by atoms with van der Waals surface area (Å²) in [5.74, 6) is -1.65. The molecule has 5 heteroatoms. The number of carboxylic acid groups (broad SMARTS) is 2. The fourth-order valence-electron chi connectivity index (χ4n) is 0.787. The third-order valence-electron chi connectivity index (χ3n) is 1.70. The molecule has 1 atom stereocenters. The van der Waals surface area contributed by atoms with E-state index in [9.17, 15) is 9.59 Å². The monoisotopic (exact) mass is 262 g/mol. The van der Waals surface area contributed by atoms with Gasteiger partial charge in [0.1, 0.15) is 0 Å². The second-order valence-corrected chi connectivity index (χ2v) is 3.20. The van der Waals surface area contributed by atoms with Crippen LogP contribution in [0.4, 0.5) is 0 Å². The fourth-order valence-corrected chi connectivity index (χ4v) is 0.787. The first-order valence-corrected chi connectivity index (χ1v) is 5.16. The van der Waals surface area contributed by atoms with Gasteiger partial charge in [0.15, 0.2) is 0 Å². The second kappa shape index (κ2) is 12.9. The van der Waals surface area contributed by atoms with Gasteiger partial charge in [0.25, 0.3) is 0 Å². The van der Waals surface area contributed by atoms with E-state index in [-0.39, 0.29) is 9.90 Å². The predicted molar refractivity (Wildman–Crippen MR) is 74.5 cm³/mol. The molecule has 0 amide bonds. The third kappa shape index (κ3) is 14.8. The van der Waals surface area contributed by atoms with Crippen molar-refractivity contribution in [2.75, 3.05) is 0 Å². The van der Waals surface area contributed by atoms with E-state index < -0.39 is 11.9 Å². The van der Waals surface area contributed by atoms with E-state index in [2.05, 4.69) is 0 Å². The topological polar surface area (TPSA) is 74.6 Å². The summed E-state index contributed by atoms with van der Waals surface area (Å²) in [6, 6.07) is 0. The Kier molecular flexibility index (Phi) is 16.1. The van der Waals surface area contributed by atoms with Crippen LogP contribution in [0.15, 0.2) is 23.3 Å². The van der Waals surface area contributed by atoms with Crippen molar-refractivity contribution in [3.05, 3.63) is 23.3 Å². The van der Waals surface area contributed by atoms with Crippen LogP contribution in [-0.4, -0.2) is 22.2 Å². The van der Waals surface area contributed by atoms with Gasteiger partial charge >= 0.3 is 11.9 Å². The standard InChI is InChI=1S/2C6H10O2.H3P/c2*1-3-4-5(2)6(7)8;/h2*4H,3H2,1-2H3,(H,7,8);1H3. The molecule has 0 saturated carbocycles. The van der Waals surface area contributed by atoms with Crippen LogP contribution < -0.4 is 0 Å². The van der Waals surface area contributed by atoms with Crippen LogP contribution in [0.5, 0.6) is 0 Å². The van der Waals surface area contributed by atoms with Gasteiger partial charge in [-0.25, -0.2) is 9.59 Å². The van der Waals surface area contributed by atoms with Crippen LogP contribution in [0.25, 0.3) is 0 Å². The molecule has 17 heavy (non-hydrogen) atoms. The molecule has 0 aromatic rings. The van der Waals surface area contributed by atoms with Gasteiger partial charge in [-0.15, -0.1) is 0 Å². The molecule has 0 saturated heterocycles. The van der Waals surface area contributed by atoms with E-state index in [0.717, 1.165) is 12.8 Å². The quantitative estimate of drug-likeness (QED) is 0.603. The third-order valence-corrected chi connectivity index (χ3v) is 1.70. The Bertz CT molecular complexity index is 263. The lowest BCUT2D eigenvalue weighted by molar-refractivity contribution is -0.133. The van der Waals surface area contributed by atoms with E-state index in [0.29, 0.717) is 11.1 Å². The molecule has 100 valence electrons. The molecular formula is C12H23O4P. The SMILES string of the molecule is CCC=C(C)C(=O)O.CCC=C(C)C(=O)O.P. The van der Waals surface area contributed by atoms with E-state index in [1.807, 2.05) is 13.8 Å².